The van der Waals surface area contributed by atoms with Crippen LogP contribution < -0.4 is 4.90 Å². The summed E-state index contributed by atoms with van der Waals surface area (Å²) < 4.78 is 5.03. The van der Waals surface area contributed by atoms with E-state index >= 15 is 0 Å². The van der Waals surface area contributed by atoms with Gasteiger partial charge in [0.2, 0.25) is 0 Å². The van der Waals surface area contributed by atoms with Crippen LogP contribution in [0.15, 0.2) is 12.4 Å². The van der Waals surface area contributed by atoms with Crippen LogP contribution in [0.25, 0.3) is 0 Å². The van der Waals surface area contributed by atoms with Crippen LogP contribution in [0.1, 0.15) is 38.8 Å². The monoisotopic (exact) mass is 292 g/mol. The minimum Gasteiger partial charge on any atom is -0.450 e. The maximum absolute atomic E-state index is 11.7. The minimum atomic E-state index is -0.222. The number of carbonyl (C=O) groups is 1. The van der Waals surface area contributed by atoms with E-state index in [0.29, 0.717) is 25.6 Å². The summed E-state index contributed by atoms with van der Waals surface area (Å²) in [4.78, 5) is 24.3. The third kappa shape index (κ3) is 3.83. The Kier molecular flexibility index (Phi) is 5.36. The highest BCUT2D eigenvalue weighted by atomic mass is 16.6. The number of rotatable bonds is 4. The largest absolute Gasteiger partial charge is 0.450 e. The van der Waals surface area contributed by atoms with E-state index in [0.717, 1.165) is 31.0 Å². The number of hydrogen-bond acceptors (Lipinski definition) is 5. The molecule has 1 saturated heterocycles. The molecule has 0 aromatic carbocycles. The van der Waals surface area contributed by atoms with Crippen LogP contribution in [0.3, 0.4) is 0 Å². The Morgan fingerprint density at radius 2 is 2.00 bits per heavy atom. The predicted molar refractivity (Wildman–Crippen MR) is 81.5 cm³/mol. The third-order valence-electron chi connectivity index (χ3n) is 3.92. The van der Waals surface area contributed by atoms with E-state index in [4.69, 9.17) is 4.74 Å². The molecule has 0 radical (unpaired) electrons. The molecule has 116 valence electrons. The van der Waals surface area contributed by atoms with Gasteiger partial charge in [0, 0.05) is 37.9 Å². The van der Waals surface area contributed by atoms with Gasteiger partial charge >= 0.3 is 6.09 Å². The summed E-state index contributed by atoms with van der Waals surface area (Å²) >= 11 is 0. The highest BCUT2D eigenvalue weighted by Gasteiger charge is 2.23. The quantitative estimate of drug-likeness (QED) is 0.852. The SMILES string of the molecule is CCOC(=O)N1CCN(c2cc(C(C)CC)ncn2)CC1. The van der Waals surface area contributed by atoms with Crippen molar-refractivity contribution < 1.29 is 9.53 Å². The summed E-state index contributed by atoms with van der Waals surface area (Å²) in [5, 5.41) is 0. The van der Waals surface area contributed by atoms with Crippen molar-refractivity contribution in [2.45, 2.75) is 33.1 Å². The molecule has 1 aromatic heterocycles. The number of aromatic nitrogens is 2. The normalized spacial score (nSPS) is 16.7. The molecule has 2 heterocycles. The number of anilines is 1. The van der Waals surface area contributed by atoms with Crippen LogP contribution in [0.5, 0.6) is 0 Å². The summed E-state index contributed by atoms with van der Waals surface area (Å²) in [6.45, 7) is 9.46. The molecule has 1 aromatic rings. The van der Waals surface area contributed by atoms with E-state index in [1.54, 1.807) is 11.2 Å². The van der Waals surface area contributed by atoms with E-state index in [9.17, 15) is 4.79 Å². The molecule has 0 saturated carbocycles. The molecule has 1 amide bonds. The molecule has 1 aliphatic heterocycles. The fourth-order valence-corrected chi connectivity index (χ4v) is 2.35. The zero-order valence-electron chi connectivity index (χ0n) is 13.1. The standard InChI is InChI=1S/C15H24N4O2/c1-4-12(3)13-10-14(17-11-16-13)18-6-8-19(9-7-18)15(20)21-5-2/h10-12H,4-9H2,1-3H3. The maximum Gasteiger partial charge on any atom is 0.409 e. The number of nitrogens with zero attached hydrogens (tertiary/aromatic N) is 4. The number of piperazine rings is 1. The first-order valence-corrected chi connectivity index (χ1v) is 7.64. The number of carbonyl (C=O) groups excluding carboxylic acids is 1. The topological polar surface area (TPSA) is 58.6 Å². The molecule has 0 spiro atoms. The molecule has 1 aliphatic rings. The Labute approximate surface area is 126 Å². The zero-order valence-corrected chi connectivity index (χ0v) is 13.1. The van der Waals surface area contributed by atoms with E-state index in [2.05, 4.69) is 34.8 Å². The molecular weight excluding hydrogens is 268 g/mol. The van der Waals surface area contributed by atoms with Gasteiger partial charge < -0.3 is 14.5 Å². The average molecular weight is 292 g/mol. The van der Waals surface area contributed by atoms with E-state index < -0.39 is 0 Å². The van der Waals surface area contributed by atoms with Crippen molar-refractivity contribution in [3.05, 3.63) is 18.1 Å². The van der Waals surface area contributed by atoms with Crippen molar-refractivity contribution in [1.82, 2.24) is 14.9 Å². The van der Waals surface area contributed by atoms with Gasteiger partial charge in [0.1, 0.15) is 12.1 Å². The summed E-state index contributed by atoms with van der Waals surface area (Å²) in [5.41, 5.74) is 1.08. The molecule has 0 aliphatic carbocycles. The van der Waals surface area contributed by atoms with Crippen molar-refractivity contribution in [1.29, 1.82) is 0 Å². The van der Waals surface area contributed by atoms with Gasteiger partial charge in [-0.3, -0.25) is 0 Å². The summed E-state index contributed by atoms with van der Waals surface area (Å²) in [6, 6.07) is 2.06. The fraction of sp³-hybridized carbons (Fsp3) is 0.667. The second-order valence-corrected chi connectivity index (χ2v) is 5.28. The lowest BCUT2D eigenvalue weighted by Crippen LogP contribution is -2.49. The molecule has 1 fully saturated rings. The van der Waals surface area contributed by atoms with Crippen molar-refractivity contribution >= 4 is 11.9 Å². The Hall–Kier alpha value is -1.85. The van der Waals surface area contributed by atoms with Crippen LogP contribution in [0.4, 0.5) is 10.6 Å². The van der Waals surface area contributed by atoms with Gasteiger partial charge in [-0.1, -0.05) is 13.8 Å². The van der Waals surface area contributed by atoms with Crippen molar-refractivity contribution in [2.75, 3.05) is 37.7 Å². The molecule has 1 atom stereocenters. The van der Waals surface area contributed by atoms with Crippen LogP contribution in [-0.2, 0) is 4.74 Å². The molecule has 1 unspecified atom stereocenters. The summed E-state index contributed by atoms with van der Waals surface area (Å²) in [5.74, 6) is 1.39. The van der Waals surface area contributed by atoms with Crippen LogP contribution in [0, 0.1) is 0 Å². The van der Waals surface area contributed by atoms with Gasteiger partial charge in [0.05, 0.1) is 6.61 Å². The third-order valence-corrected chi connectivity index (χ3v) is 3.92. The summed E-state index contributed by atoms with van der Waals surface area (Å²) in [6.07, 6.45) is 2.47. The lowest BCUT2D eigenvalue weighted by Gasteiger charge is -2.34. The second-order valence-electron chi connectivity index (χ2n) is 5.28. The average Bonchev–Trinajstić information content (AvgIpc) is 2.54. The van der Waals surface area contributed by atoms with Crippen LogP contribution >= 0.6 is 0 Å². The highest BCUT2D eigenvalue weighted by molar-refractivity contribution is 5.68. The Balaban J connectivity index is 1.97. The minimum absolute atomic E-state index is 0.222. The molecular formula is C15H24N4O2. The lowest BCUT2D eigenvalue weighted by molar-refractivity contribution is 0.105. The zero-order chi connectivity index (χ0) is 15.2. The Morgan fingerprint density at radius 3 is 2.62 bits per heavy atom. The van der Waals surface area contributed by atoms with Gasteiger partial charge in [-0.25, -0.2) is 14.8 Å². The van der Waals surface area contributed by atoms with Gasteiger partial charge in [-0.05, 0) is 19.3 Å². The first-order chi connectivity index (χ1) is 10.2. The first-order valence-electron chi connectivity index (χ1n) is 7.64. The second kappa shape index (κ2) is 7.24. The first kappa shape index (κ1) is 15.5. The molecule has 21 heavy (non-hydrogen) atoms. The molecule has 6 nitrogen and oxygen atoms in total. The van der Waals surface area contributed by atoms with Crippen LogP contribution in [0.2, 0.25) is 0 Å². The Bertz CT molecular complexity index is 472. The fourth-order valence-electron chi connectivity index (χ4n) is 2.35. The number of ether oxygens (including phenoxy) is 1. The van der Waals surface area contributed by atoms with Crippen LogP contribution in [-0.4, -0.2) is 53.7 Å². The lowest BCUT2D eigenvalue weighted by atomic mass is 10.1. The summed E-state index contributed by atoms with van der Waals surface area (Å²) in [7, 11) is 0. The van der Waals surface area contributed by atoms with Gasteiger partial charge in [-0.2, -0.15) is 0 Å². The molecule has 0 bridgehead atoms. The Morgan fingerprint density at radius 1 is 1.29 bits per heavy atom. The van der Waals surface area contributed by atoms with Crippen molar-refractivity contribution in [3.63, 3.8) is 0 Å². The van der Waals surface area contributed by atoms with Crippen molar-refractivity contribution in [3.8, 4) is 0 Å². The number of amides is 1. The number of hydrogen-bond donors (Lipinski definition) is 0. The van der Waals surface area contributed by atoms with E-state index in [1.807, 2.05) is 6.92 Å². The molecule has 2 rings (SSSR count). The maximum atomic E-state index is 11.7. The smallest absolute Gasteiger partial charge is 0.409 e. The van der Waals surface area contributed by atoms with E-state index in [-0.39, 0.29) is 6.09 Å². The van der Waals surface area contributed by atoms with Gasteiger partial charge in [-0.15, -0.1) is 0 Å². The predicted octanol–water partition coefficient (Wildman–Crippen LogP) is 2.27. The molecule has 0 N–H and O–H groups in total. The van der Waals surface area contributed by atoms with Gasteiger partial charge in [0.25, 0.3) is 0 Å². The molecule has 6 heteroatoms. The highest BCUT2D eigenvalue weighted by Crippen LogP contribution is 2.20. The van der Waals surface area contributed by atoms with Gasteiger partial charge in [0.15, 0.2) is 0 Å². The van der Waals surface area contributed by atoms with Crippen molar-refractivity contribution in [2.24, 2.45) is 0 Å². The van der Waals surface area contributed by atoms with E-state index in [1.165, 1.54) is 0 Å².